The molecule has 0 N–H and O–H groups in total. The molecule has 134 valence electrons. The van der Waals surface area contributed by atoms with Gasteiger partial charge in [-0.3, -0.25) is 14.5 Å². The normalized spacial score (nSPS) is 15.8. The van der Waals surface area contributed by atoms with Crippen LogP contribution < -0.4 is 4.74 Å². The van der Waals surface area contributed by atoms with Gasteiger partial charge in [0.15, 0.2) is 0 Å². The number of hydrogen-bond donors (Lipinski definition) is 0. The third-order valence-electron chi connectivity index (χ3n) is 3.66. The largest absolute Gasteiger partial charge is 0.495 e. The minimum atomic E-state index is -0.442. The van der Waals surface area contributed by atoms with E-state index in [-0.39, 0.29) is 17.3 Å². The van der Waals surface area contributed by atoms with Gasteiger partial charge in [-0.15, -0.1) is 0 Å². The van der Waals surface area contributed by atoms with Crippen molar-refractivity contribution in [1.29, 1.82) is 0 Å². The Labute approximate surface area is 163 Å². The third kappa shape index (κ3) is 3.87. The molecule has 1 fully saturated rings. The van der Waals surface area contributed by atoms with Crippen molar-refractivity contribution in [2.24, 2.45) is 0 Å². The van der Waals surface area contributed by atoms with Gasteiger partial charge >= 0.3 is 0 Å². The molecule has 0 aliphatic carbocycles. The third-order valence-corrected chi connectivity index (χ3v) is 5.06. The molecule has 2 aromatic rings. The highest BCUT2D eigenvalue weighted by Gasteiger charge is 2.35. The smallest absolute Gasteiger partial charge is 0.293 e. The molecule has 0 atom stereocenters. The van der Waals surface area contributed by atoms with Crippen LogP contribution in [0.1, 0.15) is 11.1 Å². The first-order valence-electron chi connectivity index (χ1n) is 7.42. The lowest BCUT2D eigenvalue weighted by Gasteiger charge is -2.12. The van der Waals surface area contributed by atoms with Gasteiger partial charge in [0.2, 0.25) is 0 Å². The molecule has 1 aliphatic rings. The van der Waals surface area contributed by atoms with Gasteiger partial charge in [0.05, 0.1) is 23.6 Å². The Morgan fingerprint density at radius 1 is 1.19 bits per heavy atom. The van der Waals surface area contributed by atoms with E-state index in [1.807, 2.05) is 0 Å². The van der Waals surface area contributed by atoms with Crippen molar-refractivity contribution in [3.8, 4) is 5.75 Å². The van der Waals surface area contributed by atoms with E-state index >= 15 is 0 Å². The standard InChI is InChI=1S/C18H12Cl2FNO3S/c1-25-16-11(6-12(19)8-14(16)20)7-15-17(23)22(18(24)26-15)9-10-2-4-13(21)5-3-10/h2-8H,9H2,1H3/b15-7+. The van der Waals surface area contributed by atoms with Crippen LogP contribution in [0.5, 0.6) is 5.75 Å². The van der Waals surface area contributed by atoms with Crippen LogP contribution in [-0.2, 0) is 11.3 Å². The van der Waals surface area contributed by atoms with Crippen LogP contribution in [0.3, 0.4) is 0 Å². The van der Waals surface area contributed by atoms with Gasteiger partial charge < -0.3 is 4.74 Å². The second-order valence-corrected chi connectivity index (χ2v) is 7.24. The topological polar surface area (TPSA) is 46.6 Å². The molecular formula is C18H12Cl2FNO3S. The van der Waals surface area contributed by atoms with Gasteiger partial charge in [0.1, 0.15) is 11.6 Å². The molecule has 2 aromatic carbocycles. The zero-order chi connectivity index (χ0) is 18.8. The van der Waals surface area contributed by atoms with Crippen molar-refractivity contribution in [3.63, 3.8) is 0 Å². The molecular weight excluding hydrogens is 400 g/mol. The predicted octanol–water partition coefficient (Wildman–Crippen LogP) is 5.38. The Balaban J connectivity index is 1.89. The maximum atomic E-state index is 13.0. The fourth-order valence-electron chi connectivity index (χ4n) is 2.45. The first-order chi connectivity index (χ1) is 12.4. The first-order valence-corrected chi connectivity index (χ1v) is 8.99. The highest BCUT2D eigenvalue weighted by molar-refractivity contribution is 8.18. The Kier molecular flexibility index (Phi) is 5.55. The molecule has 3 rings (SSSR count). The van der Waals surface area contributed by atoms with Crippen molar-refractivity contribution in [1.82, 2.24) is 4.90 Å². The van der Waals surface area contributed by atoms with Crippen LogP contribution in [0, 0.1) is 5.82 Å². The number of nitrogens with zero attached hydrogens (tertiary/aromatic N) is 1. The van der Waals surface area contributed by atoms with Gasteiger partial charge in [-0.2, -0.15) is 0 Å². The summed E-state index contributed by atoms with van der Waals surface area (Å²) in [5.41, 5.74) is 1.15. The lowest BCUT2D eigenvalue weighted by atomic mass is 10.1. The van der Waals surface area contributed by atoms with Gasteiger partial charge in [-0.1, -0.05) is 35.3 Å². The van der Waals surface area contributed by atoms with Crippen LogP contribution in [0.4, 0.5) is 9.18 Å². The zero-order valence-corrected chi connectivity index (χ0v) is 15.8. The Morgan fingerprint density at radius 2 is 1.88 bits per heavy atom. The lowest BCUT2D eigenvalue weighted by molar-refractivity contribution is -0.123. The Hall–Kier alpha value is -2.02. The number of ether oxygens (including phenoxy) is 1. The molecule has 0 radical (unpaired) electrons. The SMILES string of the molecule is COc1c(Cl)cc(Cl)cc1/C=C1/SC(=O)N(Cc2ccc(F)cc2)C1=O. The lowest BCUT2D eigenvalue weighted by Crippen LogP contribution is -2.27. The number of carbonyl (C=O) groups excluding carboxylic acids is 2. The summed E-state index contributed by atoms with van der Waals surface area (Å²) >= 11 is 12.9. The number of rotatable bonds is 4. The molecule has 1 saturated heterocycles. The van der Waals surface area contributed by atoms with Crippen molar-refractivity contribution in [3.05, 3.63) is 68.3 Å². The fraction of sp³-hybridized carbons (Fsp3) is 0.111. The van der Waals surface area contributed by atoms with E-state index in [1.54, 1.807) is 6.07 Å². The molecule has 0 bridgehead atoms. The van der Waals surface area contributed by atoms with Crippen molar-refractivity contribution >= 4 is 52.2 Å². The summed E-state index contributed by atoms with van der Waals surface area (Å²) in [6, 6.07) is 8.75. The van der Waals surface area contributed by atoms with Gasteiger partial charge in [-0.05, 0) is 47.7 Å². The summed E-state index contributed by atoms with van der Waals surface area (Å²) in [7, 11) is 1.45. The molecule has 1 aliphatic heterocycles. The molecule has 2 amide bonds. The second-order valence-electron chi connectivity index (χ2n) is 5.40. The van der Waals surface area contributed by atoms with E-state index in [2.05, 4.69) is 0 Å². The molecule has 26 heavy (non-hydrogen) atoms. The monoisotopic (exact) mass is 411 g/mol. The van der Waals surface area contributed by atoms with Gasteiger partial charge in [-0.25, -0.2) is 4.39 Å². The van der Waals surface area contributed by atoms with E-state index in [0.29, 0.717) is 26.9 Å². The van der Waals surface area contributed by atoms with Crippen molar-refractivity contribution in [2.45, 2.75) is 6.54 Å². The maximum absolute atomic E-state index is 13.0. The van der Waals surface area contributed by atoms with E-state index < -0.39 is 11.1 Å². The summed E-state index contributed by atoms with van der Waals surface area (Å²) in [5.74, 6) is -0.461. The summed E-state index contributed by atoms with van der Waals surface area (Å²) in [6.45, 7) is 0.0652. The summed E-state index contributed by atoms with van der Waals surface area (Å²) in [4.78, 5) is 26.1. The van der Waals surface area contributed by atoms with E-state index in [9.17, 15) is 14.0 Å². The van der Waals surface area contributed by atoms with Crippen molar-refractivity contribution in [2.75, 3.05) is 7.11 Å². The molecule has 4 nitrogen and oxygen atoms in total. The minimum absolute atomic E-state index is 0.0652. The van der Waals surface area contributed by atoms with E-state index in [0.717, 1.165) is 16.7 Å². The average Bonchev–Trinajstić information content (AvgIpc) is 2.84. The quantitative estimate of drug-likeness (QED) is 0.633. The van der Waals surface area contributed by atoms with Crippen LogP contribution in [0.15, 0.2) is 41.3 Å². The fourth-order valence-corrected chi connectivity index (χ4v) is 3.87. The minimum Gasteiger partial charge on any atom is -0.495 e. The number of thioether (sulfide) groups is 1. The summed E-state index contributed by atoms with van der Waals surface area (Å²) < 4.78 is 18.2. The van der Waals surface area contributed by atoms with Crippen LogP contribution in [-0.4, -0.2) is 23.2 Å². The number of amides is 2. The second kappa shape index (κ2) is 7.70. The number of imide groups is 1. The Bertz CT molecular complexity index is 915. The molecule has 0 saturated carbocycles. The zero-order valence-electron chi connectivity index (χ0n) is 13.5. The van der Waals surface area contributed by atoms with Crippen LogP contribution >= 0.6 is 35.0 Å². The Morgan fingerprint density at radius 3 is 2.54 bits per heavy atom. The van der Waals surface area contributed by atoms with Crippen LogP contribution in [0.25, 0.3) is 6.08 Å². The summed E-state index contributed by atoms with van der Waals surface area (Å²) in [6.07, 6.45) is 1.52. The molecule has 0 unspecified atom stereocenters. The molecule has 0 aromatic heterocycles. The maximum Gasteiger partial charge on any atom is 0.293 e. The first kappa shape index (κ1) is 18.8. The number of benzene rings is 2. The molecule has 1 heterocycles. The summed E-state index contributed by atoms with van der Waals surface area (Å²) in [5, 5.41) is 0.280. The van der Waals surface area contributed by atoms with Crippen LogP contribution in [0.2, 0.25) is 10.0 Å². The predicted molar refractivity (Wildman–Crippen MR) is 101 cm³/mol. The van der Waals surface area contributed by atoms with Gasteiger partial charge in [0, 0.05) is 10.6 Å². The average molecular weight is 412 g/mol. The molecule has 0 spiro atoms. The molecule has 8 heteroatoms. The number of hydrogen-bond acceptors (Lipinski definition) is 4. The highest BCUT2D eigenvalue weighted by atomic mass is 35.5. The van der Waals surface area contributed by atoms with Crippen molar-refractivity contribution < 1.29 is 18.7 Å². The van der Waals surface area contributed by atoms with E-state index in [1.165, 1.54) is 43.5 Å². The number of halogens is 3. The van der Waals surface area contributed by atoms with E-state index in [4.69, 9.17) is 27.9 Å². The highest BCUT2D eigenvalue weighted by Crippen LogP contribution is 2.38. The number of methoxy groups -OCH3 is 1. The van der Waals surface area contributed by atoms with Gasteiger partial charge in [0.25, 0.3) is 11.1 Å². The number of carbonyl (C=O) groups is 2.